The standard InChI is InChI=1S/C16H15F2N3O2/c1-9-4-10(17)2-3-14(9)20-12-7-21(8-12)15-13(16(22)23)5-11(18)6-19-15/h2-6,12,20H,7-8H2,1H3,(H,22,23). The van der Waals surface area contributed by atoms with E-state index in [0.29, 0.717) is 13.1 Å². The zero-order valence-electron chi connectivity index (χ0n) is 12.4. The normalized spacial score (nSPS) is 14.5. The molecule has 1 aromatic carbocycles. The average Bonchev–Trinajstić information content (AvgIpc) is 2.45. The van der Waals surface area contributed by atoms with Crippen LogP contribution in [0.15, 0.2) is 30.5 Å². The average molecular weight is 319 g/mol. The number of anilines is 2. The van der Waals surface area contributed by atoms with Gasteiger partial charge in [0, 0.05) is 18.8 Å². The van der Waals surface area contributed by atoms with Crippen molar-refractivity contribution in [2.45, 2.75) is 13.0 Å². The Labute approximate surface area is 131 Å². The van der Waals surface area contributed by atoms with Crippen molar-refractivity contribution in [3.8, 4) is 0 Å². The zero-order chi connectivity index (χ0) is 16.6. The van der Waals surface area contributed by atoms with Crippen molar-refractivity contribution in [1.29, 1.82) is 0 Å². The van der Waals surface area contributed by atoms with E-state index in [-0.39, 0.29) is 23.2 Å². The van der Waals surface area contributed by atoms with E-state index in [4.69, 9.17) is 5.11 Å². The van der Waals surface area contributed by atoms with Crippen LogP contribution in [0.1, 0.15) is 15.9 Å². The summed E-state index contributed by atoms with van der Waals surface area (Å²) < 4.78 is 26.2. The smallest absolute Gasteiger partial charge is 0.339 e. The van der Waals surface area contributed by atoms with E-state index < -0.39 is 11.8 Å². The number of nitrogens with one attached hydrogen (secondary N) is 1. The Morgan fingerprint density at radius 2 is 2.04 bits per heavy atom. The Balaban J connectivity index is 1.69. The third kappa shape index (κ3) is 3.08. The molecule has 5 nitrogen and oxygen atoms in total. The van der Waals surface area contributed by atoms with Crippen LogP contribution in [-0.2, 0) is 0 Å². The van der Waals surface area contributed by atoms with Gasteiger partial charge in [0.15, 0.2) is 0 Å². The number of pyridine rings is 1. The summed E-state index contributed by atoms with van der Waals surface area (Å²) in [5.41, 5.74) is 1.48. The second-order valence-electron chi connectivity index (χ2n) is 5.54. The largest absolute Gasteiger partial charge is 0.478 e. The lowest BCUT2D eigenvalue weighted by Gasteiger charge is -2.41. The number of hydrogen-bond acceptors (Lipinski definition) is 4. The lowest BCUT2D eigenvalue weighted by Crippen LogP contribution is -2.55. The fourth-order valence-corrected chi connectivity index (χ4v) is 2.59. The number of rotatable bonds is 4. The van der Waals surface area contributed by atoms with Gasteiger partial charge < -0.3 is 15.3 Å². The number of nitrogens with zero attached hydrogens (tertiary/aromatic N) is 2. The predicted molar refractivity (Wildman–Crippen MR) is 81.9 cm³/mol. The van der Waals surface area contributed by atoms with Crippen molar-refractivity contribution in [2.75, 3.05) is 23.3 Å². The summed E-state index contributed by atoms with van der Waals surface area (Å²) in [5, 5.41) is 12.4. The van der Waals surface area contributed by atoms with Gasteiger partial charge in [0.1, 0.15) is 23.0 Å². The summed E-state index contributed by atoms with van der Waals surface area (Å²) >= 11 is 0. The number of aromatic nitrogens is 1. The SMILES string of the molecule is Cc1cc(F)ccc1NC1CN(c2ncc(F)cc2C(=O)O)C1. The number of carboxylic acids is 1. The van der Waals surface area contributed by atoms with Crippen molar-refractivity contribution in [2.24, 2.45) is 0 Å². The summed E-state index contributed by atoms with van der Waals surface area (Å²) in [7, 11) is 0. The van der Waals surface area contributed by atoms with Crippen LogP contribution in [-0.4, -0.2) is 35.2 Å². The maximum Gasteiger partial charge on any atom is 0.339 e. The molecule has 120 valence electrons. The summed E-state index contributed by atoms with van der Waals surface area (Å²) in [6.45, 7) is 2.89. The fourth-order valence-electron chi connectivity index (χ4n) is 2.59. The van der Waals surface area contributed by atoms with Gasteiger partial charge in [-0.3, -0.25) is 0 Å². The molecule has 0 atom stereocenters. The highest BCUT2D eigenvalue weighted by Crippen LogP contribution is 2.26. The molecule has 1 aromatic heterocycles. The van der Waals surface area contributed by atoms with E-state index >= 15 is 0 Å². The maximum atomic E-state index is 13.1. The molecule has 2 N–H and O–H groups in total. The number of aromatic carboxylic acids is 1. The van der Waals surface area contributed by atoms with Crippen LogP contribution in [0.25, 0.3) is 0 Å². The van der Waals surface area contributed by atoms with Crippen molar-refractivity contribution in [3.05, 3.63) is 53.2 Å². The molecule has 0 bridgehead atoms. The van der Waals surface area contributed by atoms with Gasteiger partial charge in [-0.05, 0) is 36.8 Å². The molecule has 0 saturated carbocycles. The second-order valence-corrected chi connectivity index (χ2v) is 5.54. The molecular formula is C16H15F2N3O2. The molecule has 0 unspecified atom stereocenters. The topological polar surface area (TPSA) is 65.5 Å². The van der Waals surface area contributed by atoms with Gasteiger partial charge in [0.05, 0.1) is 12.2 Å². The number of carbonyl (C=O) groups is 1. The second kappa shape index (κ2) is 5.83. The van der Waals surface area contributed by atoms with Gasteiger partial charge in [-0.2, -0.15) is 0 Å². The van der Waals surface area contributed by atoms with Crippen molar-refractivity contribution in [1.82, 2.24) is 4.98 Å². The molecule has 3 rings (SSSR count). The fraction of sp³-hybridized carbons (Fsp3) is 0.250. The van der Waals surface area contributed by atoms with Crippen LogP contribution in [0, 0.1) is 18.6 Å². The minimum absolute atomic E-state index is 0.0904. The predicted octanol–water partition coefficient (Wildman–Crippen LogP) is 2.67. The van der Waals surface area contributed by atoms with E-state index in [1.54, 1.807) is 11.0 Å². The molecule has 23 heavy (non-hydrogen) atoms. The molecule has 0 spiro atoms. The number of benzene rings is 1. The zero-order valence-corrected chi connectivity index (χ0v) is 12.4. The third-order valence-electron chi connectivity index (χ3n) is 3.79. The Hall–Kier alpha value is -2.70. The van der Waals surface area contributed by atoms with Crippen LogP contribution in [0.3, 0.4) is 0 Å². The van der Waals surface area contributed by atoms with Crippen molar-refractivity contribution in [3.63, 3.8) is 0 Å². The Morgan fingerprint density at radius 3 is 2.70 bits per heavy atom. The monoisotopic (exact) mass is 319 g/mol. The van der Waals surface area contributed by atoms with Crippen molar-refractivity contribution >= 4 is 17.5 Å². The van der Waals surface area contributed by atoms with Gasteiger partial charge in [-0.25, -0.2) is 18.6 Å². The van der Waals surface area contributed by atoms with Gasteiger partial charge in [0.2, 0.25) is 0 Å². The first-order valence-electron chi connectivity index (χ1n) is 7.10. The highest BCUT2D eigenvalue weighted by molar-refractivity contribution is 5.93. The summed E-state index contributed by atoms with van der Waals surface area (Å²) in [6, 6.07) is 5.56. The summed E-state index contributed by atoms with van der Waals surface area (Å²) in [5.74, 6) is -1.92. The molecule has 2 heterocycles. The minimum atomic E-state index is -1.21. The lowest BCUT2D eigenvalue weighted by molar-refractivity contribution is 0.0696. The molecule has 1 fully saturated rings. The molecule has 0 amide bonds. The highest BCUT2D eigenvalue weighted by Gasteiger charge is 2.31. The van der Waals surface area contributed by atoms with Crippen LogP contribution in [0.4, 0.5) is 20.3 Å². The summed E-state index contributed by atoms with van der Waals surface area (Å²) in [6.07, 6.45) is 1.01. The van der Waals surface area contributed by atoms with E-state index in [1.807, 2.05) is 6.92 Å². The Morgan fingerprint density at radius 1 is 1.30 bits per heavy atom. The van der Waals surface area contributed by atoms with E-state index in [2.05, 4.69) is 10.3 Å². The third-order valence-corrected chi connectivity index (χ3v) is 3.79. The van der Waals surface area contributed by atoms with Crippen LogP contribution < -0.4 is 10.2 Å². The van der Waals surface area contributed by atoms with Gasteiger partial charge in [-0.15, -0.1) is 0 Å². The molecule has 1 aliphatic heterocycles. The molecule has 2 aromatic rings. The van der Waals surface area contributed by atoms with Crippen molar-refractivity contribution < 1.29 is 18.7 Å². The first kappa shape index (κ1) is 15.2. The number of aryl methyl sites for hydroxylation is 1. The first-order valence-corrected chi connectivity index (χ1v) is 7.10. The number of halogens is 2. The number of carboxylic acid groups (broad SMARTS) is 1. The van der Waals surface area contributed by atoms with Crippen LogP contribution in [0.2, 0.25) is 0 Å². The van der Waals surface area contributed by atoms with Gasteiger partial charge in [-0.1, -0.05) is 0 Å². The molecule has 1 saturated heterocycles. The Bertz CT molecular complexity index is 761. The molecular weight excluding hydrogens is 304 g/mol. The molecule has 0 aliphatic carbocycles. The highest BCUT2D eigenvalue weighted by atomic mass is 19.1. The van der Waals surface area contributed by atoms with E-state index in [0.717, 1.165) is 23.5 Å². The van der Waals surface area contributed by atoms with Gasteiger partial charge in [0.25, 0.3) is 0 Å². The molecule has 1 aliphatic rings. The lowest BCUT2D eigenvalue weighted by atomic mass is 10.1. The van der Waals surface area contributed by atoms with E-state index in [9.17, 15) is 13.6 Å². The van der Waals surface area contributed by atoms with E-state index in [1.165, 1.54) is 12.1 Å². The van der Waals surface area contributed by atoms with Crippen LogP contribution >= 0.6 is 0 Å². The minimum Gasteiger partial charge on any atom is -0.478 e. The van der Waals surface area contributed by atoms with Crippen LogP contribution in [0.5, 0.6) is 0 Å². The molecule has 0 radical (unpaired) electrons. The molecule has 7 heteroatoms. The quantitative estimate of drug-likeness (QED) is 0.907. The Kier molecular flexibility index (Phi) is 3.85. The van der Waals surface area contributed by atoms with Gasteiger partial charge >= 0.3 is 5.97 Å². The maximum absolute atomic E-state index is 13.1. The first-order chi connectivity index (χ1) is 10.9. The summed E-state index contributed by atoms with van der Waals surface area (Å²) in [4.78, 5) is 16.8. The number of hydrogen-bond donors (Lipinski definition) is 2.